The summed E-state index contributed by atoms with van der Waals surface area (Å²) in [6, 6.07) is 8.25. The minimum Gasteiger partial charge on any atom is -0.334 e. The molecule has 134 valence electrons. The molecule has 2 nitrogen and oxygen atoms in total. The number of aromatic nitrogens is 1. The van der Waals surface area contributed by atoms with Crippen molar-refractivity contribution in [3.8, 4) is 0 Å². The first-order valence-electron chi connectivity index (χ1n) is 10.4. The number of halogens is 1. The highest BCUT2D eigenvalue weighted by Crippen LogP contribution is 2.40. The fourth-order valence-electron chi connectivity index (χ4n) is 5.92. The van der Waals surface area contributed by atoms with Crippen molar-refractivity contribution in [2.45, 2.75) is 69.9 Å². The van der Waals surface area contributed by atoms with Gasteiger partial charge in [0, 0.05) is 17.3 Å². The van der Waals surface area contributed by atoms with Crippen LogP contribution in [0.3, 0.4) is 0 Å². The number of hydrogen-bond donors (Lipinski definition) is 1. The van der Waals surface area contributed by atoms with Crippen LogP contribution in [0.5, 0.6) is 0 Å². The third kappa shape index (κ3) is 2.70. The Bertz CT molecular complexity index is 772. The Balaban J connectivity index is 1.60. The lowest BCUT2D eigenvalue weighted by Gasteiger charge is -2.36. The molecule has 3 heteroatoms. The third-order valence-electron chi connectivity index (χ3n) is 7.13. The first-order valence-corrected chi connectivity index (χ1v) is 11.5. The highest BCUT2D eigenvalue weighted by molar-refractivity contribution is 9.09. The predicted molar refractivity (Wildman–Crippen MR) is 108 cm³/mol. The number of nitrogens with zero attached hydrogens (tertiary/aromatic N) is 1. The first-order chi connectivity index (χ1) is 12.4. The predicted octanol–water partition coefficient (Wildman–Crippen LogP) is 4.36. The van der Waals surface area contributed by atoms with Crippen LogP contribution in [-0.2, 0) is 13.0 Å². The number of benzene rings is 1. The molecule has 5 rings (SSSR count). The summed E-state index contributed by atoms with van der Waals surface area (Å²) in [5.41, 5.74) is 6.55. The first kappa shape index (κ1) is 16.4. The van der Waals surface area contributed by atoms with E-state index >= 15 is 0 Å². The van der Waals surface area contributed by atoms with E-state index < -0.39 is 0 Å². The Kier molecular flexibility index (Phi) is 4.41. The number of quaternary nitrogens is 1. The molecule has 1 unspecified atom stereocenters. The van der Waals surface area contributed by atoms with Crippen LogP contribution < -0.4 is 4.90 Å². The van der Waals surface area contributed by atoms with Gasteiger partial charge in [0.1, 0.15) is 6.04 Å². The quantitative estimate of drug-likeness (QED) is 0.731. The molecular weight excluding hydrogens is 372 g/mol. The van der Waals surface area contributed by atoms with Gasteiger partial charge >= 0.3 is 0 Å². The van der Waals surface area contributed by atoms with E-state index in [2.05, 4.69) is 38.7 Å². The van der Waals surface area contributed by atoms with E-state index in [0.29, 0.717) is 0 Å². The summed E-state index contributed by atoms with van der Waals surface area (Å²) in [7, 11) is 0. The molecule has 2 aliphatic carbocycles. The minimum atomic E-state index is 0.737. The van der Waals surface area contributed by atoms with Crippen molar-refractivity contribution in [2.75, 3.05) is 18.4 Å². The van der Waals surface area contributed by atoms with Crippen LogP contribution >= 0.6 is 15.9 Å². The van der Waals surface area contributed by atoms with Gasteiger partial charge < -0.3 is 9.47 Å². The maximum Gasteiger partial charge on any atom is 0.129 e. The molecular formula is C22H30BrN2+. The zero-order chi connectivity index (χ0) is 16.8. The summed E-state index contributed by atoms with van der Waals surface area (Å²) >= 11 is 3.68. The number of hydrogen-bond acceptors (Lipinski definition) is 0. The average molecular weight is 402 g/mol. The van der Waals surface area contributed by atoms with Crippen LogP contribution in [-0.4, -0.2) is 23.0 Å². The topological polar surface area (TPSA) is 9.37 Å². The van der Waals surface area contributed by atoms with Gasteiger partial charge in [0.25, 0.3) is 0 Å². The molecule has 1 aromatic carbocycles. The maximum atomic E-state index is 3.68. The third-order valence-corrected chi connectivity index (χ3v) is 7.52. The van der Waals surface area contributed by atoms with E-state index in [0.717, 1.165) is 17.3 Å². The number of alkyl halides is 1. The van der Waals surface area contributed by atoms with Gasteiger partial charge in [-0.3, -0.25) is 0 Å². The van der Waals surface area contributed by atoms with Crippen LogP contribution in [0.15, 0.2) is 18.2 Å². The van der Waals surface area contributed by atoms with Gasteiger partial charge in [-0.2, -0.15) is 0 Å². The van der Waals surface area contributed by atoms with E-state index in [1.165, 1.54) is 76.5 Å². The molecule has 1 saturated carbocycles. The van der Waals surface area contributed by atoms with Crippen molar-refractivity contribution >= 4 is 26.8 Å². The SMILES string of the molecule is BrCC[NH+]1CCn2c3c(c4cc(C5CCCCC5)ccc42)CCC[C@H]31. The summed E-state index contributed by atoms with van der Waals surface area (Å²) in [6.07, 6.45) is 11.1. The monoisotopic (exact) mass is 401 g/mol. The molecule has 2 heterocycles. The second kappa shape index (κ2) is 6.74. The van der Waals surface area contributed by atoms with Gasteiger partial charge in [-0.25, -0.2) is 0 Å². The smallest absolute Gasteiger partial charge is 0.129 e. The summed E-state index contributed by atoms with van der Waals surface area (Å²) < 4.78 is 2.69. The Labute approximate surface area is 159 Å². The Morgan fingerprint density at radius 1 is 1.08 bits per heavy atom. The van der Waals surface area contributed by atoms with Gasteiger partial charge in [0.05, 0.1) is 30.7 Å². The molecule has 3 aliphatic rings. The van der Waals surface area contributed by atoms with Crippen molar-refractivity contribution in [2.24, 2.45) is 0 Å². The van der Waals surface area contributed by atoms with E-state index in [4.69, 9.17) is 0 Å². The Hall–Kier alpha value is -0.800. The van der Waals surface area contributed by atoms with Crippen LogP contribution in [0.1, 0.15) is 73.7 Å². The molecule has 0 bridgehead atoms. The molecule has 2 aromatic rings. The van der Waals surface area contributed by atoms with Crippen molar-refractivity contribution in [1.29, 1.82) is 0 Å². The standard InChI is InChI=1S/C22H29BrN2/c23-11-12-24-13-14-25-20-10-9-17(16-5-2-1-3-6-16)15-19(20)18-7-4-8-21(24)22(18)25/h9-10,15-16,21H,1-8,11-14H2/p+1/t21-/m1/s1. The lowest BCUT2D eigenvalue weighted by molar-refractivity contribution is -0.934. The van der Waals surface area contributed by atoms with Crippen LogP contribution in [0, 0.1) is 0 Å². The lowest BCUT2D eigenvalue weighted by Crippen LogP contribution is -3.14. The highest BCUT2D eigenvalue weighted by Gasteiger charge is 2.37. The summed E-state index contributed by atoms with van der Waals surface area (Å²) in [5, 5.41) is 2.73. The zero-order valence-electron chi connectivity index (χ0n) is 15.2. The maximum absolute atomic E-state index is 3.68. The number of nitrogens with one attached hydrogen (secondary N) is 1. The summed E-state index contributed by atoms with van der Waals surface area (Å²) in [5.74, 6) is 0.817. The molecule has 1 aliphatic heterocycles. The van der Waals surface area contributed by atoms with Crippen molar-refractivity contribution in [3.63, 3.8) is 0 Å². The highest BCUT2D eigenvalue weighted by atomic mass is 79.9. The van der Waals surface area contributed by atoms with Gasteiger partial charge in [-0.15, -0.1) is 0 Å². The normalized spacial score (nSPS) is 26.8. The van der Waals surface area contributed by atoms with E-state index in [1.54, 1.807) is 27.1 Å². The average Bonchev–Trinajstić information content (AvgIpc) is 3.00. The van der Waals surface area contributed by atoms with E-state index in [9.17, 15) is 0 Å². The Morgan fingerprint density at radius 3 is 2.80 bits per heavy atom. The number of rotatable bonds is 3. The van der Waals surface area contributed by atoms with Crippen molar-refractivity contribution in [3.05, 3.63) is 35.0 Å². The minimum absolute atomic E-state index is 0.737. The molecule has 1 fully saturated rings. The molecule has 1 N–H and O–H groups in total. The van der Waals surface area contributed by atoms with Crippen molar-refractivity contribution < 1.29 is 4.90 Å². The molecule has 0 radical (unpaired) electrons. The molecule has 0 saturated heterocycles. The number of fused-ring (bicyclic) bond motifs is 3. The van der Waals surface area contributed by atoms with Crippen LogP contribution in [0.2, 0.25) is 0 Å². The van der Waals surface area contributed by atoms with Gasteiger partial charge in [0.2, 0.25) is 0 Å². The zero-order valence-corrected chi connectivity index (χ0v) is 16.8. The van der Waals surface area contributed by atoms with Crippen molar-refractivity contribution in [1.82, 2.24) is 4.57 Å². The Morgan fingerprint density at radius 2 is 1.96 bits per heavy atom. The lowest BCUT2D eigenvalue weighted by atomic mass is 9.83. The van der Waals surface area contributed by atoms with Gasteiger partial charge in [-0.1, -0.05) is 41.3 Å². The molecule has 0 spiro atoms. The second-order valence-corrected chi connectivity index (χ2v) is 9.21. The molecule has 2 atom stereocenters. The fourth-order valence-corrected chi connectivity index (χ4v) is 6.43. The fraction of sp³-hybridized carbons (Fsp3) is 0.636. The molecule has 0 amide bonds. The van der Waals surface area contributed by atoms with E-state index in [-0.39, 0.29) is 0 Å². The summed E-state index contributed by atoms with van der Waals surface area (Å²) in [4.78, 5) is 1.81. The largest absolute Gasteiger partial charge is 0.334 e. The molecule has 25 heavy (non-hydrogen) atoms. The summed E-state index contributed by atoms with van der Waals surface area (Å²) in [6.45, 7) is 3.75. The van der Waals surface area contributed by atoms with Gasteiger partial charge in [-0.05, 0) is 54.9 Å². The second-order valence-electron chi connectivity index (χ2n) is 8.42. The van der Waals surface area contributed by atoms with E-state index in [1.807, 2.05) is 0 Å². The number of aryl methyl sites for hydroxylation is 1. The van der Waals surface area contributed by atoms with Crippen LogP contribution in [0.4, 0.5) is 0 Å². The molecule has 1 aromatic heterocycles. The van der Waals surface area contributed by atoms with Gasteiger partial charge in [0.15, 0.2) is 0 Å². The van der Waals surface area contributed by atoms with Crippen LogP contribution in [0.25, 0.3) is 10.9 Å².